The van der Waals surface area contributed by atoms with Crippen LogP contribution in [-0.4, -0.2) is 61.2 Å². The number of aromatic nitrogens is 2. The van der Waals surface area contributed by atoms with E-state index in [4.69, 9.17) is 0 Å². The molecular weight excluding hydrogens is 260 g/mol. The van der Waals surface area contributed by atoms with E-state index in [1.165, 1.54) is 12.4 Å². The summed E-state index contributed by atoms with van der Waals surface area (Å²) in [6.45, 7) is 3.28. The molecule has 1 aliphatic heterocycles. The number of hydrogen-bond donors (Lipinski definition) is 2. The Hall–Kier alpha value is -0.570. The third-order valence-corrected chi connectivity index (χ3v) is 4.98. The molecule has 0 aromatic carbocycles. The second kappa shape index (κ2) is 5.85. The lowest BCUT2D eigenvalue weighted by molar-refractivity contribution is 0.307. The molecule has 0 amide bonds. The molecule has 0 saturated carbocycles. The zero-order chi connectivity index (χ0) is 12.1. The van der Waals surface area contributed by atoms with E-state index < -0.39 is 10.0 Å². The fraction of sp³-hybridized carbons (Fsp3) is 0.667. The van der Waals surface area contributed by atoms with Crippen molar-refractivity contribution in [3.05, 3.63) is 12.4 Å². The van der Waals surface area contributed by atoms with E-state index in [9.17, 15) is 8.42 Å². The number of aromatic amines is 1. The van der Waals surface area contributed by atoms with Crippen LogP contribution in [0.1, 0.15) is 0 Å². The highest BCUT2D eigenvalue weighted by Crippen LogP contribution is 2.08. The van der Waals surface area contributed by atoms with Gasteiger partial charge in [-0.25, -0.2) is 13.1 Å². The number of H-pyrrole nitrogens is 1. The molecule has 0 atom stereocenters. The third kappa shape index (κ3) is 3.70. The number of sulfonamides is 1. The van der Waals surface area contributed by atoms with E-state index in [-0.39, 0.29) is 4.90 Å². The van der Waals surface area contributed by atoms with Crippen LogP contribution >= 0.6 is 11.8 Å². The second-order valence-corrected chi connectivity index (χ2v) is 6.78. The summed E-state index contributed by atoms with van der Waals surface area (Å²) in [5, 5.41) is 6.12. The van der Waals surface area contributed by atoms with Gasteiger partial charge in [0.2, 0.25) is 10.0 Å². The average Bonchev–Trinajstić information content (AvgIpc) is 2.84. The molecule has 96 valence electrons. The van der Waals surface area contributed by atoms with Gasteiger partial charge in [-0.05, 0) is 0 Å². The highest BCUT2D eigenvalue weighted by atomic mass is 32.2. The Morgan fingerprint density at radius 3 is 2.88 bits per heavy atom. The van der Waals surface area contributed by atoms with Crippen molar-refractivity contribution in [3.8, 4) is 0 Å². The monoisotopic (exact) mass is 276 g/mol. The SMILES string of the molecule is O=S(=O)(NCCN1CCSCC1)c1cn[nH]c1. The van der Waals surface area contributed by atoms with Crippen LogP contribution in [0.3, 0.4) is 0 Å². The maximum absolute atomic E-state index is 11.7. The molecule has 0 radical (unpaired) electrons. The summed E-state index contributed by atoms with van der Waals surface area (Å²) in [6, 6.07) is 0. The summed E-state index contributed by atoms with van der Waals surface area (Å²) in [4.78, 5) is 2.46. The van der Waals surface area contributed by atoms with Crippen LogP contribution in [0.25, 0.3) is 0 Å². The summed E-state index contributed by atoms with van der Waals surface area (Å²) >= 11 is 1.94. The first-order valence-electron chi connectivity index (χ1n) is 5.47. The zero-order valence-electron chi connectivity index (χ0n) is 9.42. The molecule has 0 bridgehead atoms. The number of nitrogens with zero attached hydrogens (tertiary/aromatic N) is 2. The van der Waals surface area contributed by atoms with Crippen LogP contribution in [0.4, 0.5) is 0 Å². The van der Waals surface area contributed by atoms with Gasteiger partial charge >= 0.3 is 0 Å². The molecule has 0 aliphatic carbocycles. The molecule has 2 heterocycles. The Kier molecular flexibility index (Phi) is 4.43. The minimum absolute atomic E-state index is 0.187. The highest BCUT2D eigenvalue weighted by molar-refractivity contribution is 7.99. The van der Waals surface area contributed by atoms with Crippen LogP contribution in [0.5, 0.6) is 0 Å². The molecule has 1 aromatic heterocycles. The van der Waals surface area contributed by atoms with Crippen molar-refractivity contribution in [3.63, 3.8) is 0 Å². The Balaban J connectivity index is 1.78. The molecule has 1 fully saturated rings. The van der Waals surface area contributed by atoms with Crippen LogP contribution < -0.4 is 4.72 Å². The fourth-order valence-electron chi connectivity index (χ4n) is 1.63. The van der Waals surface area contributed by atoms with Gasteiger partial charge in [-0.2, -0.15) is 16.9 Å². The molecule has 1 aliphatic rings. The van der Waals surface area contributed by atoms with Gasteiger partial charge in [-0.3, -0.25) is 5.10 Å². The standard InChI is InChI=1S/C9H16N4O2S2/c14-17(15,9-7-10-11-8-9)12-1-2-13-3-5-16-6-4-13/h7-8,12H,1-6H2,(H,10,11). The lowest BCUT2D eigenvalue weighted by Gasteiger charge is -2.25. The first-order valence-corrected chi connectivity index (χ1v) is 8.11. The summed E-state index contributed by atoms with van der Waals surface area (Å²) in [5.74, 6) is 2.27. The maximum atomic E-state index is 11.7. The predicted octanol–water partition coefficient (Wildman–Crippen LogP) is -0.263. The van der Waals surface area contributed by atoms with Crippen LogP contribution in [0.2, 0.25) is 0 Å². The van der Waals surface area contributed by atoms with E-state index in [1.54, 1.807) is 0 Å². The van der Waals surface area contributed by atoms with E-state index >= 15 is 0 Å². The molecule has 1 aromatic rings. The van der Waals surface area contributed by atoms with Gasteiger partial charge in [0.15, 0.2) is 0 Å². The van der Waals surface area contributed by atoms with Crippen molar-refractivity contribution in [2.45, 2.75) is 4.90 Å². The summed E-state index contributed by atoms with van der Waals surface area (Å²) in [6.07, 6.45) is 2.68. The van der Waals surface area contributed by atoms with E-state index in [0.29, 0.717) is 6.54 Å². The Morgan fingerprint density at radius 1 is 1.47 bits per heavy atom. The maximum Gasteiger partial charge on any atom is 0.243 e. The van der Waals surface area contributed by atoms with Crippen molar-refractivity contribution in [1.29, 1.82) is 0 Å². The summed E-state index contributed by atoms with van der Waals surface area (Å²) in [7, 11) is -3.39. The largest absolute Gasteiger partial charge is 0.300 e. The lowest BCUT2D eigenvalue weighted by atomic mass is 10.5. The molecule has 0 unspecified atom stereocenters. The van der Waals surface area contributed by atoms with Crippen LogP contribution in [0, 0.1) is 0 Å². The minimum atomic E-state index is -3.39. The average molecular weight is 276 g/mol. The molecule has 2 rings (SSSR count). The van der Waals surface area contributed by atoms with E-state index in [1.807, 2.05) is 11.8 Å². The van der Waals surface area contributed by atoms with Crippen molar-refractivity contribution >= 4 is 21.8 Å². The molecule has 2 N–H and O–H groups in total. The van der Waals surface area contributed by atoms with Crippen molar-refractivity contribution < 1.29 is 8.42 Å². The van der Waals surface area contributed by atoms with Crippen LogP contribution in [-0.2, 0) is 10.0 Å². The van der Waals surface area contributed by atoms with Gasteiger partial charge in [0.25, 0.3) is 0 Å². The van der Waals surface area contributed by atoms with Crippen LogP contribution in [0.15, 0.2) is 17.3 Å². The number of nitrogens with one attached hydrogen (secondary N) is 2. The van der Waals surface area contributed by atoms with Gasteiger partial charge < -0.3 is 4.90 Å². The number of rotatable bonds is 5. The lowest BCUT2D eigenvalue weighted by Crippen LogP contribution is -2.39. The number of hydrogen-bond acceptors (Lipinski definition) is 5. The predicted molar refractivity (Wildman–Crippen MR) is 67.5 cm³/mol. The molecule has 6 nitrogen and oxygen atoms in total. The topological polar surface area (TPSA) is 78.1 Å². The van der Waals surface area contributed by atoms with Gasteiger partial charge in [0.05, 0.1) is 6.20 Å². The van der Waals surface area contributed by atoms with E-state index in [2.05, 4.69) is 19.8 Å². The number of thioether (sulfide) groups is 1. The minimum Gasteiger partial charge on any atom is -0.300 e. The smallest absolute Gasteiger partial charge is 0.243 e. The first-order chi connectivity index (χ1) is 8.18. The fourth-order valence-corrected chi connectivity index (χ4v) is 3.54. The normalized spacial score (nSPS) is 18.4. The molecule has 0 spiro atoms. The molecule has 1 saturated heterocycles. The Morgan fingerprint density at radius 2 is 2.24 bits per heavy atom. The van der Waals surface area contributed by atoms with Gasteiger partial charge in [0, 0.05) is 43.9 Å². The van der Waals surface area contributed by atoms with Gasteiger partial charge in [-0.15, -0.1) is 0 Å². The summed E-state index contributed by atoms with van der Waals surface area (Å²) < 4.78 is 26.1. The second-order valence-electron chi connectivity index (χ2n) is 3.79. The third-order valence-electron chi connectivity index (χ3n) is 2.61. The van der Waals surface area contributed by atoms with Gasteiger partial charge in [0.1, 0.15) is 4.90 Å². The molecular formula is C9H16N4O2S2. The zero-order valence-corrected chi connectivity index (χ0v) is 11.1. The Labute approximate surface area is 105 Å². The molecule has 8 heteroatoms. The first kappa shape index (κ1) is 12.9. The van der Waals surface area contributed by atoms with Crippen molar-refractivity contribution in [2.75, 3.05) is 37.7 Å². The highest BCUT2D eigenvalue weighted by Gasteiger charge is 2.15. The van der Waals surface area contributed by atoms with Gasteiger partial charge in [-0.1, -0.05) is 0 Å². The van der Waals surface area contributed by atoms with Crippen molar-refractivity contribution in [1.82, 2.24) is 19.8 Å². The quantitative estimate of drug-likeness (QED) is 0.774. The van der Waals surface area contributed by atoms with E-state index in [0.717, 1.165) is 31.1 Å². The summed E-state index contributed by atoms with van der Waals surface area (Å²) in [5.41, 5.74) is 0. The van der Waals surface area contributed by atoms with Crippen molar-refractivity contribution in [2.24, 2.45) is 0 Å². The molecule has 17 heavy (non-hydrogen) atoms. The Bertz CT molecular complexity index is 426.